The molecule has 0 aliphatic carbocycles. The minimum absolute atomic E-state index is 0.255. The first-order valence-corrected chi connectivity index (χ1v) is 6.06. The van der Waals surface area contributed by atoms with Crippen LogP contribution >= 0.6 is 0 Å². The number of nitrogens with one attached hydrogen (secondary N) is 1. The second kappa shape index (κ2) is 5.05. The van der Waals surface area contributed by atoms with Crippen LogP contribution in [0.25, 0.3) is 10.9 Å². The molecule has 5 heteroatoms. The van der Waals surface area contributed by atoms with Gasteiger partial charge in [-0.15, -0.1) is 0 Å². The third-order valence-electron chi connectivity index (χ3n) is 2.90. The summed E-state index contributed by atoms with van der Waals surface area (Å²) in [5.41, 5.74) is 1.29. The summed E-state index contributed by atoms with van der Waals surface area (Å²) in [6.45, 7) is 0. The van der Waals surface area contributed by atoms with E-state index in [0.717, 1.165) is 5.39 Å². The predicted molar refractivity (Wildman–Crippen MR) is 75.0 cm³/mol. The van der Waals surface area contributed by atoms with E-state index < -0.39 is 0 Å². The third kappa shape index (κ3) is 2.21. The zero-order chi connectivity index (χ0) is 13.9. The summed E-state index contributed by atoms with van der Waals surface area (Å²) in [4.78, 5) is 16.4. The highest BCUT2D eigenvalue weighted by atomic mass is 16.5. The van der Waals surface area contributed by atoms with Crippen molar-refractivity contribution >= 4 is 22.5 Å². The number of hydrogen-bond donors (Lipinski definition) is 1. The molecule has 0 fully saturated rings. The Balaban J connectivity index is 2.00. The van der Waals surface area contributed by atoms with Gasteiger partial charge in [0.05, 0.1) is 24.6 Å². The van der Waals surface area contributed by atoms with Gasteiger partial charge >= 0.3 is 0 Å². The SMILES string of the molecule is COc1ccc2cccc(NC(=O)c3ccco3)c2n1. The number of ether oxygens (including phenoxy) is 1. The molecule has 2 heterocycles. The molecule has 0 unspecified atom stereocenters. The van der Waals surface area contributed by atoms with E-state index in [0.29, 0.717) is 17.1 Å². The van der Waals surface area contributed by atoms with Crippen molar-refractivity contribution in [2.24, 2.45) is 0 Å². The topological polar surface area (TPSA) is 64.4 Å². The highest BCUT2D eigenvalue weighted by Gasteiger charge is 2.11. The van der Waals surface area contributed by atoms with Crippen LogP contribution in [-0.4, -0.2) is 18.0 Å². The van der Waals surface area contributed by atoms with Crippen LogP contribution in [0.3, 0.4) is 0 Å². The average molecular weight is 268 g/mol. The van der Waals surface area contributed by atoms with E-state index in [1.165, 1.54) is 6.26 Å². The fourth-order valence-corrected chi connectivity index (χ4v) is 1.94. The summed E-state index contributed by atoms with van der Waals surface area (Å²) in [5.74, 6) is 0.439. The van der Waals surface area contributed by atoms with Crippen LogP contribution in [0.5, 0.6) is 5.88 Å². The molecule has 0 spiro atoms. The van der Waals surface area contributed by atoms with Gasteiger partial charge in [-0.1, -0.05) is 12.1 Å². The number of nitrogens with zero attached hydrogens (tertiary/aromatic N) is 1. The van der Waals surface area contributed by atoms with E-state index in [2.05, 4.69) is 10.3 Å². The number of hydrogen-bond acceptors (Lipinski definition) is 4. The van der Waals surface area contributed by atoms with Gasteiger partial charge in [0.25, 0.3) is 5.91 Å². The van der Waals surface area contributed by atoms with Crippen LogP contribution in [0.4, 0.5) is 5.69 Å². The van der Waals surface area contributed by atoms with Crippen LogP contribution in [-0.2, 0) is 0 Å². The van der Waals surface area contributed by atoms with Crippen LogP contribution in [0.1, 0.15) is 10.6 Å². The summed E-state index contributed by atoms with van der Waals surface area (Å²) in [5, 5.41) is 3.71. The number of fused-ring (bicyclic) bond motifs is 1. The number of para-hydroxylation sites is 1. The Labute approximate surface area is 115 Å². The predicted octanol–water partition coefficient (Wildman–Crippen LogP) is 3.09. The van der Waals surface area contributed by atoms with Gasteiger partial charge in [-0.25, -0.2) is 4.98 Å². The maximum atomic E-state index is 12.0. The standard InChI is InChI=1S/C15H12N2O3/c1-19-13-8-7-10-4-2-5-11(14(10)17-13)16-15(18)12-6-3-9-20-12/h2-9H,1H3,(H,16,18). The van der Waals surface area contributed by atoms with Crippen molar-refractivity contribution in [3.8, 4) is 5.88 Å². The van der Waals surface area contributed by atoms with Crippen LogP contribution < -0.4 is 10.1 Å². The van der Waals surface area contributed by atoms with Crippen LogP contribution in [0.15, 0.2) is 53.1 Å². The third-order valence-corrected chi connectivity index (χ3v) is 2.90. The highest BCUT2D eigenvalue weighted by molar-refractivity contribution is 6.06. The highest BCUT2D eigenvalue weighted by Crippen LogP contribution is 2.24. The molecule has 0 aliphatic rings. The maximum absolute atomic E-state index is 12.0. The van der Waals surface area contributed by atoms with Gasteiger partial charge in [0.1, 0.15) is 0 Å². The van der Waals surface area contributed by atoms with Crippen molar-refractivity contribution in [3.63, 3.8) is 0 Å². The van der Waals surface area contributed by atoms with Crippen molar-refractivity contribution in [3.05, 3.63) is 54.5 Å². The molecule has 5 nitrogen and oxygen atoms in total. The smallest absolute Gasteiger partial charge is 0.291 e. The van der Waals surface area contributed by atoms with Gasteiger partial charge in [0.15, 0.2) is 5.76 Å². The number of carbonyl (C=O) groups excluding carboxylic acids is 1. The van der Waals surface area contributed by atoms with Gasteiger partial charge in [0, 0.05) is 11.5 Å². The Kier molecular flexibility index (Phi) is 3.09. The molecule has 0 saturated carbocycles. The average Bonchev–Trinajstić information content (AvgIpc) is 3.01. The van der Waals surface area contributed by atoms with Gasteiger partial charge in [-0.3, -0.25) is 4.79 Å². The number of anilines is 1. The number of benzene rings is 1. The first-order valence-electron chi connectivity index (χ1n) is 6.06. The number of rotatable bonds is 3. The Hall–Kier alpha value is -2.82. The van der Waals surface area contributed by atoms with E-state index in [4.69, 9.17) is 9.15 Å². The Morgan fingerprint density at radius 1 is 1.20 bits per heavy atom. The fraction of sp³-hybridized carbons (Fsp3) is 0.0667. The molecule has 0 bridgehead atoms. The molecule has 3 aromatic rings. The number of furan rings is 1. The molecule has 1 aromatic carbocycles. The van der Waals surface area contributed by atoms with E-state index >= 15 is 0 Å². The van der Waals surface area contributed by atoms with Crippen molar-refractivity contribution in [1.82, 2.24) is 4.98 Å². The first kappa shape index (κ1) is 12.2. The Morgan fingerprint density at radius 2 is 2.10 bits per heavy atom. The molecule has 2 aromatic heterocycles. The van der Waals surface area contributed by atoms with Gasteiger partial charge in [-0.2, -0.15) is 0 Å². The minimum Gasteiger partial charge on any atom is -0.481 e. The summed E-state index contributed by atoms with van der Waals surface area (Å²) >= 11 is 0. The summed E-state index contributed by atoms with van der Waals surface area (Å²) in [7, 11) is 1.55. The number of methoxy groups -OCH3 is 1. The number of carbonyl (C=O) groups is 1. The normalized spacial score (nSPS) is 10.4. The molecule has 0 atom stereocenters. The molecular weight excluding hydrogens is 256 g/mol. The zero-order valence-electron chi connectivity index (χ0n) is 10.8. The maximum Gasteiger partial charge on any atom is 0.291 e. The molecule has 20 heavy (non-hydrogen) atoms. The van der Waals surface area contributed by atoms with Gasteiger partial charge in [0.2, 0.25) is 5.88 Å². The van der Waals surface area contributed by atoms with Crippen LogP contribution in [0.2, 0.25) is 0 Å². The van der Waals surface area contributed by atoms with E-state index in [9.17, 15) is 4.79 Å². The second-order valence-electron chi connectivity index (χ2n) is 4.16. The van der Waals surface area contributed by atoms with E-state index in [-0.39, 0.29) is 11.7 Å². The molecule has 3 rings (SSSR count). The number of amides is 1. The second-order valence-corrected chi connectivity index (χ2v) is 4.16. The van der Waals surface area contributed by atoms with Crippen LogP contribution in [0, 0.1) is 0 Å². The lowest BCUT2D eigenvalue weighted by molar-refractivity contribution is 0.0997. The number of pyridine rings is 1. The van der Waals surface area contributed by atoms with E-state index in [1.807, 2.05) is 18.2 Å². The summed E-state index contributed by atoms with van der Waals surface area (Å²) in [6, 6.07) is 12.5. The molecule has 0 aliphatic heterocycles. The zero-order valence-corrected chi connectivity index (χ0v) is 10.8. The quantitative estimate of drug-likeness (QED) is 0.792. The monoisotopic (exact) mass is 268 g/mol. The summed E-state index contributed by atoms with van der Waals surface area (Å²) in [6.07, 6.45) is 1.46. The van der Waals surface area contributed by atoms with E-state index in [1.54, 1.807) is 31.4 Å². The molecule has 1 amide bonds. The lowest BCUT2D eigenvalue weighted by Crippen LogP contribution is -2.11. The molecule has 100 valence electrons. The Bertz CT molecular complexity index is 751. The number of aromatic nitrogens is 1. The largest absolute Gasteiger partial charge is 0.481 e. The molecular formula is C15H12N2O3. The lowest BCUT2D eigenvalue weighted by atomic mass is 10.2. The molecule has 0 radical (unpaired) electrons. The molecule has 1 N–H and O–H groups in total. The van der Waals surface area contributed by atoms with Gasteiger partial charge in [-0.05, 0) is 24.3 Å². The lowest BCUT2D eigenvalue weighted by Gasteiger charge is -2.08. The van der Waals surface area contributed by atoms with Crippen molar-refractivity contribution in [2.45, 2.75) is 0 Å². The Morgan fingerprint density at radius 3 is 2.85 bits per heavy atom. The fourth-order valence-electron chi connectivity index (χ4n) is 1.94. The van der Waals surface area contributed by atoms with Crippen molar-refractivity contribution in [1.29, 1.82) is 0 Å². The van der Waals surface area contributed by atoms with Crippen molar-refractivity contribution < 1.29 is 13.9 Å². The first-order chi connectivity index (χ1) is 9.78. The molecule has 0 saturated heterocycles. The van der Waals surface area contributed by atoms with Gasteiger partial charge < -0.3 is 14.5 Å². The minimum atomic E-state index is -0.313. The summed E-state index contributed by atoms with van der Waals surface area (Å²) < 4.78 is 10.2. The van der Waals surface area contributed by atoms with Crippen molar-refractivity contribution in [2.75, 3.05) is 12.4 Å².